The van der Waals surface area contributed by atoms with E-state index in [2.05, 4.69) is 15.1 Å². The van der Waals surface area contributed by atoms with E-state index in [1.165, 1.54) is 23.1 Å². The van der Waals surface area contributed by atoms with Gasteiger partial charge >= 0.3 is 6.18 Å². The molecule has 1 aromatic carbocycles. The van der Waals surface area contributed by atoms with Gasteiger partial charge in [-0.3, -0.25) is 0 Å². The highest BCUT2D eigenvalue weighted by Gasteiger charge is 2.35. The van der Waals surface area contributed by atoms with Crippen LogP contribution in [0.5, 0.6) is 0 Å². The molecule has 5 rings (SSSR count). The molecule has 0 aliphatic rings. The van der Waals surface area contributed by atoms with E-state index in [-0.39, 0.29) is 18.0 Å². The Kier molecular flexibility index (Phi) is 4.16. The van der Waals surface area contributed by atoms with Crippen molar-refractivity contribution in [2.75, 3.05) is 0 Å². The minimum atomic E-state index is -4.56. The quantitative estimate of drug-likeness (QED) is 0.405. The third-order valence-corrected chi connectivity index (χ3v) is 4.59. The van der Waals surface area contributed by atoms with Crippen LogP contribution in [0, 0.1) is 0 Å². The van der Waals surface area contributed by atoms with Crippen molar-refractivity contribution in [1.29, 1.82) is 0 Å². The monoisotopic (exact) mass is 410 g/mol. The Balaban J connectivity index is 1.53. The van der Waals surface area contributed by atoms with Gasteiger partial charge in [-0.25, -0.2) is 4.98 Å². The van der Waals surface area contributed by atoms with Crippen molar-refractivity contribution < 1.29 is 22.1 Å². The minimum absolute atomic E-state index is 0.111. The largest absolute Gasteiger partial charge is 0.472 e. The summed E-state index contributed by atoms with van der Waals surface area (Å²) in [5.41, 5.74) is 1.06. The molecule has 9 heteroatoms. The Labute approximate surface area is 167 Å². The van der Waals surface area contributed by atoms with Crippen LogP contribution in [0.4, 0.5) is 13.2 Å². The lowest BCUT2D eigenvalue weighted by atomic mass is 10.1. The lowest BCUT2D eigenvalue weighted by molar-refractivity contribution is -0.136. The van der Waals surface area contributed by atoms with Crippen LogP contribution in [0.2, 0.25) is 0 Å². The number of pyridine rings is 1. The third kappa shape index (κ3) is 3.34. The van der Waals surface area contributed by atoms with Crippen molar-refractivity contribution >= 4 is 5.65 Å². The Morgan fingerprint density at radius 3 is 2.50 bits per heavy atom. The van der Waals surface area contributed by atoms with Crippen LogP contribution in [-0.2, 0) is 12.6 Å². The lowest BCUT2D eigenvalue weighted by Crippen LogP contribution is -2.08. The van der Waals surface area contributed by atoms with Crippen molar-refractivity contribution in [2.45, 2.75) is 12.6 Å². The number of imidazole rings is 1. The summed E-state index contributed by atoms with van der Waals surface area (Å²) < 4.78 is 52.6. The van der Waals surface area contributed by atoms with E-state index in [0.717, 1.165) is 11.6 Å². The van der Waals surface area contributed by atoms with Crippen molar-refractivity contribution in [1.82, 2.24) is 19.5 Å². The maximum atomic E-state index is 13.6. The summed E-state index contributed by atoms with van der Waals surface area (Å²) in [5.74, 6) is 0.675. The number of hydrogen-bond acceptors (Lipinski definition) is 5. The van der Waals surface area contributed by atoms with Crippen LogP contribution in [-0.4, -0.2) is 19.5 Å². The molecule has 0 aliphatic heterocycles. The van der Waals surface area contributed by atoms with Crippen molar-refractivity contribution in [3.63, 3.8) is 0 Å². The Hall–Kier alpha value is -3.88. The van der Waals surface area contributed by atoms with E-state index in [1.807, 2.05) is 30.3 Å². The topological polar surface area (TPSA) is 69.4 Å². The maximum absolute atomic E-state index is 13.6. The van der Waals surface area contributed by atoms with Crippen LogP contribution in [0.15, 0.2) is 76.3 Å². The Morgan fingerprint density at radius 1 is 0.933 bits per heavy atom. The molecule has 4 aromatic heterocycles. The molecule has 0 radical (unpaired) electrons. The number of aromatic nitrogens is 4. The Bertz CT molecular complexity index is 1310. The molecule has 150 valence electrons. The summed E-state index contributed by atoms with van der Waals surface area (Å²) in [7, 11) is 0. The number of rotatable bonds is 4. The van der Waals surface area contributed by atoms with E-state index in [4.69, 9.17) is 8.94 Å². The standard InChI is InChI=1S/C21H13F3N4O2/c22-21(23,24)17-8-15(14-6-7-29-12-14)10-28-11-16(25-20(17)28)9-18-26-19(27-30-18)13-4-2-1-3-5-13/h1-8,10-12H,9H2. The molecule has 0 saturated carbocycles. The van der Waals surface area contributed by atoms with Gasteiger partial charge in [0.05, 0.1) is 30.2 Å². The third-order valence-electron chi connectivity index (χ3n) is 4.59. The smallest absolute Gasteiger partial charge is 0.420 e. The van der Waals surface area contributed by atoms with Gasteiger partial charge in [-0.15, -0.1) is 0 Å². The zero-order valence-corrected chi connectivity index (χ0v) is 15.3. The highest BCUT2D eigenvalue weighted by atomic mass is 19.4. The summed E-state index contributed by atoms with van der Waals surface area (Å²) in [6.07, 6.45) is 1.46. The molecule has 30 heavy (non-hydrogen) atoms. The molecule has 5 aromatic rings. The second kappa shape index (κ2) is 6.87. The van der Waals surface area contributed by atoms with Gasteiger partial charge in [0.2, 0.25) is 11.7 Å². The lowest BCUT2D eigenvalue weighted by Gasteiger charge is -2.10. The number of nitrogens with zero attached hydrogens (tertiary/aromatic N) is 4. The number of halogens is 3. The van der Waals surface area contributed by atoms with Gasteiger partial charge in [0.15, 0.2) is 0 Å². The van der Waals surface area contributed by atoms with Crippen LogP contribution in [0.25, 0.3) is 28.2 Å². The average molecular weight is 410 g/mol. The number of fused-ring (bicyclic) bond motifs is 1. The predicted octanol–water partition coefficient (Wildman–Crippen LogP) is 5.25. The van der Waals surface area contributed by atoms with Gasteiger partial charge in [-0.05, 0) is 12.1 Å². The molecule has 0 fully saturated rings. The highest BCUT2D eigenvalue weighted by molar-refractivity contribution is 5.67. The van der Waals surface area contributed by atoms with E-state index >= 15 is 0 Å². The van der Waals surface area contributed by atoms with E-state index < -0.39 is 11.7 Å². The summed E-state index contributed by atoms with van der Waals surface area (Å²) in [5, 5.41) is 3.93. The molecule has 0 N–H and O–H groups in total. The molecular weight excluding hydrogens is 397 g/mol. The van der Waals surface area contributed by atoms with Crippen LogP contribution >= 0.6 is 0 Å². The van der Waals surface area contributed by atoms with Crippen molar-refractivity contribution in [3.05, 3.63) is 84.5 Å². The highest BCUT2D eigenvalue weighted by Crippen LogP contribution is 2.35. The van der Waals surface area contributed by atoms with E-state index in [1.54, 1.807) is 12.3 Å². The van der Waals surface area contributed by atoms with Gasteiger partial charge in [-0.1, -0.05) is 35.5 Å². The summed E-state index contributed by atoms with van der Waals surface area (Å²) in [4.78, 5) is 8.48. The number of furan rings is 1. The summed E-state index contributed by atoms with van der Waals surface area (Å²) in [6, 6.07) is 11.9. The van der Waals surface area contributed by atoms with Crippen LogP contribution in [0.3, 0.4) is 0 Å². The Morgan fingerprint density at radius 2 is 1.77 bits per heavy atom. The van der Waals surface area contributed by atoms with Crippen molar-refractivity contribution in [2.24, 2.45) is 0 Å². The second-order valence-corrected chi connectivity index (χ2v) is 6.67. The van der Waals surface area contributed by atoms with E-state index in [0.29, 0.717) is 22.6 Å². The molecule has 4 heterocycles. The SMILES string of the molecule is FC(F)(F)c1cc(-c2ccoc2)cn2cc(Cc3nc(-c4ccccc4)no3)nc12. The fraction of sp³-hybridized carbons (Fsp3) is 0.0952. The molecule has 0 amide bonds. The number of benzene rings is 1. The fourth-order valence-electron chi connectivity index (χ4n) is 3.22. The second-order valence-electron chi connectivity index (χ2n) is 6.67. The van der Waals surface area contributed by atoms with Gasteiger partial charge < -0.3 is 13.3 Å². The minimum Gasteiger partial charge on any atom is -0.472 e. The van der Waals surface area contributed by atoms with Crippen LogP contribution < -0.4 is 0 Å². The first kappa shape index (κ1) is 18.2. The van der Waals surface area contributed by atoms with Gasteiger partial charge in [0.25, 0.3) is 0 Å². The summed E-state index contributed by atoms with van der Waals surface area (Å²) >= 11 is 0. The first-order valence-corrected chi connectivity index (χ1v) is 8.97. The molecule has 0 spiro atoms. The molecule has 0 atom stereocenters. The molecule has 0 aliphatic carbocycles. The average Bonchev–Trinajstić information content (AvgIpc) is 3.47. The van der Waals surface area contributed by atoms with Crippen molar-refractivity contribution in [3.8, 4) is 22.5 Å². The number of hydrogen-bond donors (Lipinski definition) is 0. The molecular formula is C21H13F3N4O2. The fourth-order valence-corrected chi connectivity index (χ4v) is 3.22. The van der Waals surface area contributed by atoms with Gasteiger partial charge in [-0.2, -0.15) is 18.2 Å². The molecule has 0 unspecified atom stereocenters. The first-order valence-electron chi connectivity index (χ1n) is 8.97. The maximum Gasteiger partial charge on any atom is 0.420 e. The molecule has 6 nitrogen and oxygen atoms in total. The van der Waals surface area contributed by atoms with Crippen LogP contribution in [0.1, 0.15) is 17.1 Å². The van der Waals surface area contributed by atoms with Gasteiger partial charge in [0.1, 0.15) is 5.65 Å². The zero-order valence-electron chi connectivity index (χ0n) is 15.3. The number of alkyl halides is 3. The molecule has 0 bridgehead atoms. The van der Waals surface area contributed by atoms with Gasteiger partial charge in [0, 0.05) is 29.1 Å². The first-order chi connectivity index (χ1) is 14.5. The molecule has 0 saturated heterocycles. The predicted molar refractivity (Wildman–Crippen MR) is 100 cm³/mol. The zero-order chi connectivity index (χ0) is 20.7. The normalized spacial score (nSPS) is 12.0. The van der Waals surface area contributed by atoms with E-state index in [9.17, 15) is 13.2 Å². The summed E-state index contributed by atoms with van der Waals surface area (Å²) in [6.45, 7) is 0.